The molecule has 0 saturated carbocycles. The molecule has 0 aromatic heterocycles. The molecule has 74 valence electrons. The highest BCUT2D eigenvalue weighted by Crippen LogP contribution is 2.29. The Morgan fingerprint density at radius 2 is 2.07 bits per heavy atom. The quantitative estimate of drug-likeness (QED) is 0.665. The molecule has 1 atom stereocenters. The molecule has 0 N–H and O–H groups in total. The first-order valence-corrected chi connectivity index (χ1v) is 5.06. The van der Waals surface area contributed by atoms with Crippen molar-refractivity contribution in [2.75, 3.05) is 13.6 Å². The lowest BCUT2D eigenvalue weighted by Crippen LogP contribution is -2.17. The summed E-state index contributed by atoms with van der Waals surface area (Å²) in [5, 5.41) is 0. The summed E-state index contributed by atoms with van der Waals surface area (Å²) >= 11 is 0. The van der Waals surface area contributed by atoms with Gasteiger partial charge in [0.2, 0.25) is 0 Å². The maximum Gasteiger partial charge on any atom is 0.150 e. The standard InChI is InChI=1S/C12H15NO/c1-13-8-2-3-12(13)11-6-4-10(9-14)5-7-11/h4-7,9,12H,2-3,8H2,1H3. The van der Waals surface area contributed by atoms with Gasteiger partial charge < -0.3 is 0 Å². The van der Waals surface area contributed by atoms with Crippen LogP contribution in [-0.4, -0.2) is 24.8 Å². The van der Waals surface area contributed by atoms with Crippen LogP contribution in [0.15, 0.2) is 24.3 Å². The third kappa shape index (κ3) is 1.70. The zero-order valence-corrected chi connectivity index (χ0v) is 8.44. The van der Waals surface area contributed by atoms with Crippen molar-refractivity contribution in [3.05, 3.63) is 35.4 Å². The van der Waals surface area contributed by atoms with Gasteiger partial charge in [0.05, 0.1) is 0 Å². The third-order valence-electron chi connectivity index (χ3n) is 2.98. The van der Waals surface area contributed by atoms with E-state index in [2.05, 4.69) is 24.1 Å². The van der Waals surface area contributed by atoms with Gasteiger partial charge in [0.15, 0.2) is 0 Å². The van der Waals surface area contributed by atoms with E-state index in [4.69, 9.17) is 0 Å². The number of benzene rings is 1. The minimum atomic E-state index is 0.552. The van der Waals surface area contributed by atoms with Gasteiger partial charge in [-0.15, -0.1) is 0 Å². The summed E-state index contributed by atoms with van der Waals surface area (Å²) in [5.41, 5.74) is 2.09. The lowest BCUT2D eigenvalue weighted by atomic mass is 10.0. The highest BCUT2D eigenvalue weighted by molar-refractivity contribution is 5.74. The number of rotatable bonds is 2. The van der Waals surface area contributed by atoms with Gasteiger partial charge in [-0.3, -0.25) is 9.69 Å². The lowest BCUT2D eigenvalue weighted by Gasteiger charge is -2.19. The minimum Gasteiger partial charge on any atom is -0.299 e. The smallest absolute Gasteiger partial charge is 0.150 e. The van der Waals surface area contributed by atoms with Crippen molar-refractivity contribution < 1.29 is 4.79 Å². The molecule has 0 radical (unpaired) electrons. The van der Waals surface area contributed by atoms with Crippen molar-refractivity contribution in [1.82, 2.24) is 4.90 Å². The monoisotopic (exact) mass is 189 g/mol. The van der Waals surface area contributed by atoms with Crippen molar-refractivity contribution in [2.24, 2.45) is 0 Å². The Bertz CT molecular complexity index is 318. The molecule has 2 heteroatoms. The molecule has 0 bridgehead atoms. The van der Waals surface area contributed by atoms with Gasteiger partial charge in [0, 0.05) is 11.6 Å². The van der Waals surface area contributed by atoms with E-state index in [1.54, 1.807) is 0 Å². The number of nitrogens with zero attached hydrogens (tertiary/aromatic N) is 1. The predicted octanol–water partition coefficient (Wildman–Crippen LogP) is 2.27. The van der Waals surface area contributed by atoms with E-state index < -0.39 is 0 Å². The van der Waals surface area contributed by atoms with Crippen LogP contribution in [0.1, 0.15) is 34.8 Å². The van der Waals surface area contributed by atoms with Crippen molar-refractivity contribution >= 4 is 6.29 Å². The van der Waals surface area contributed by atoms with Crippen LogP contribution < -0.4 is 0 Å². The van der Waals surface area contributed by atoms with Crippen molar-refractivity contribution in [1.29, 1.82) is 0 Å². The number of hydrogen-bond donors (Lipinski definition) is 0. The maximum absolute atomic E-state index is 10.5. The number of hydrogen-bond acceptors (Lipinski definition) is 2. The fourth-order valence-corrected chi connectivity index (χ4v) is 2.13. The average Bonchev–Trinajstić information content (AvgIpc) is 2.65. The van der Waals surface area contributed by atoms with E-state index >= 15 is 0 Å². The summed E-state index contributed by atoms with van der Waals surface area (Å²) < 4.78 is 0. The Labute approximate surface area is 84.5 Å². The first-order valence-electron chi connectivity index (χ1n) is 5.06. The SMILES string of the molecule is CN1CCCC1c1ccc(C=O)cc1. The Balaban J connectivity index is 2.19. The van der Waals surface area contributed by atoms with Crippen LogP contribution in [0.2, 0.25) is 0 Å². The van der Waals surface area contributed by atoms with E-state index in [1.165, 1.54) is 24.9 Å². The van der Waals surface area contributed by atoms with Gasteiger partial charge in [0.1, 0.15) is 6.29 Å². The highest BCUT2D eigenvalue weighted by Gasteiger charge is 2.21. The average molecular weight is 189 g/mol. The molecule has 0 aliphatic carbocycles. The largest absolute Gasteiger partial charge is 0.299 e. The number of aldehydes is 1. The third-order valence-corrected chi connectivity index (χ3v) is 2.98. The van der Waals surface area contributed by atoms with Gasteiger partial charge in [-0.1, -0.05) is 24.3 Å². The predicted molar refractivity (Wildman–Crippen MR) is 56.4 cm³/mol. The second-order valence-electron chi connectivity index (χ2n) is 3.92. The van der Waals surface area contributed by atoms with Crippen LogP contribution in [0.3, 0.4) is 0 Å². The molecule has 2 rings (SSSR count). The Kier molecular flexibility index (Phi) is 2.64. The first kappa shape index (κ1) is 9.41. The Morgan fingerprint density at radius 1 is 1.36 bits per heavy atom. The Hall–Kier alpha value is -1.15. The summed E-state index contributed by atoms with van der Waals surface area (Å²) in [6.45, 7) is 1.18. The molecule has 1 aliphatic rings. The van der Waals surface area contributed by atoms with Gasteiger partial charge in [0.25, 0.3) is 0 Å². The number of carbonyl (C=O) groups excluding carboxylic acids is 1. The van der Waals surface area contributed by atoms with E-state index in [0.717, 1.165) is 11.8 Å². The molecule has 14 heavy (non-hydrogen) atoms. The number of carbonyl (C=O) groups is 1. The van der Waals surface area contributed by atoms with E-state index in [9.17, 15) is 4.79 Å². The molecular weight excluding hydrogens is 174 g/mol. The van der Waals surface area contributed by atoms with Crippen molar-refractivity contribution in [2.45, 2.75) is 18.9 Å². The van der Waals surface area contributed by atoms with E-state index in [0.29, 0.717) is 6.04 Å². The minimum absolute atomic E-state index is 0.552. The molecule has 1 aromatic rings. The van der Waals surface area contributed by atoms with Crippen LogP contribution in [-0.2, 0) is 0 Å². The summed E-state index contributed by atoms with van der Waals surface area (Å²) in [4.78, 5) is 12.9. The molecular formula is C12H15NO. The van der Waals surface area contributed by atoms with Gasteiger partial charge in [-0.25, -0.2) is 0 Å². The summed E-state index contributed by atoms with van der Waals surface area (Å²) in [7, 11) is 2.16. The molecule has 1 unspecified atom stereocenters. The van der Waals surface area contributed by atoms with Crippen LogP contribution in [0.25, 0.3) is 0 Å². The summed E-state index contributed by atoms with van der Waals surface area (Å²) in [5.74, 6) is 0. The molecule has 1 aliphatic heterocycles. The zero-order valence-electron chi connectivity index (χ0n) is 8.44. The van der Waals surface area contributed by atoms with Crippen molar-refractivity contribution in [3.8, 4) is 0 Å². The molecule has 0 amide bonds. The summed E-state index contributed by atoms with van der Waals surface area (Å²) in [6, 6.07) is 8.48. The molecule has 0 spiro atoms. The van der Waals surface area contributed by atoms with Crippen LogP contribution >= 0.6 is 0 Å². The van der Waals surface area contributed by atoms with Crippen LogP contribution in [0, 0.1) is 0 Å². The number of likely N-dealkylation sites (tertiary alicyclic amines) is 1. The Morgan fingerprint density at radius 3 is 2.57 bits per heavy atom. The van der Waals surface area contributed by atoms with E-state index in [-0.39, 0.29) is 0 Å². The second-order valence-corrected chi connectivity index (χ2v) is 3.92. The van der Waals surface area contributed by atoms with Gasteiger partial charge in [-0.2, -0.15) is 0 Å². The normalized spacial score (nSPS) is 22.5. The molecule has 1 fully saturated rings. The molecule has 2 nitrogen and oxygen atoms in total. The van der Waals surface area contributed by atoms with Gasteiger partial charge in [-0.05, 0) is 32.0 Å². The van der Waals surface area contributed by atoms with Gasteiger partial charge >= 0.3 is 0 Å². The first-order chi connectivity index (χ1) is 6.81. The molecule has 1 saturated heterocycles. The second kappa shape index (κ2) is 3.93. The lowest BCUT2D eigenvalue weighted by molar-refractivity contribution is 0.112. The van der Waals surface area contributed by atoms with Crippen LogP contribution in [0.4, 0.5) is 0 Å². The molecule has 1 heterocycles. The zero-order chi connectivity index (χ0) is 9.97. The maximum atomic E-state index is 10.5. The van der Waals surface area contributed by atoms with Crippen LogP contribution in [0.5, 0.6) is 0 Å². The summed E-state index contributed by atoms with van der Waals surface area (Å²) in [6.07, 6.45) is 3.40. The fourth-order valence-electron chi connectivity index (χ4n) is 2.13. The van der Waals surface area contributed by atoms with E-state index in [1.807, 2.05) is 12.1 Å². The topological polar surface area (TPSA) is 20.3 Å². The highest BCUT2D eigenvalue weighted by atomic mass is 16.1. The fraction of sp³-hybridized carbons (Fsp3) is 0.417. The molecule has 1 aromatic carbocycles. The van der Waals surface area contributed by atoms with Crippen molar-refractivity contribution in [3.63, 3.8) is 0 Å².